The van der Waals surface area contributed by atoms with Crippen LogP contribution in [0, 0.1) is 0 Å². The molecule has 0 saturated carbocycles. The van der Waals surface area contributed by atoms with Gasteiger partial charge in [0.25, 0.3) is 0 Å². The molecule has 1 heterocycles. The van der Waals surface area contributed by atoms with E-state index in [0.717, 1.165) is 6.42 Å². The molecule has 1 aromatic heterocycles. The summed E-state index contributed by atoms with van der Waals surface area (Å²) in [4.78, 5) is 2.89. The van der Waals surface area contributed by atoms with Gasteiger partial charge in [-0.25, -0.2) is 0 Å². The number of hydrogen-bond donors (Lipinski definition) is 0. The number of aryl methyl sites for hydroxylation is 2. The zero-order chi connectivity index (χ0) is 13.4. The Bertz CT molecular complexity index is 454. The smallest absolute Gasteiger partial charge is 0.0348 e. The summed E-state index contributed by atoms with van der Waals surface area (Å²) in [6.45, 7) is 8.45. The Balaban J connectivity index is 0.000000771. The average molecular weight is 260 g/mol. The van der Waals surface area contributed by atoms with Gasteiger partial charge in [-0.15, -0.1) is 11.3 Å². The van der Waals surface area contributed by atoms with Gasteiger partial charge in [-0.2, -0.15) is 0 Å². The number of rotatable bonds is 4. The highest BCUT2D eigenvalue weighted by Crippen LogP contribution is 2.31. The summed E-state index contributed by atoms with van der Waals surface area (Å²) in [6, 6.07) is 13.3. The highest BCUT2D eigenvalue weighted by molar-refractivity contribution is 7.15. The van der Waals surface area contributed by atoms with Crippen molar-refractivity contribution in [1.29, 1.82) is 0 Å². The van der Waals surface area contributed by atoms with Crippen molar-refractivity contribution in [3.05, 3.63) is 46.8 Å². The maximum Gasteiger partial charge on any atom is 0.0348 e. The predicted molar refractivity (Wildman–Crippen MR) is 84.5 cm³/mol. The highest BCUT2D eigenvalue weighted by Gasteiger charge is 2.06. The molecule has 0 spiro atoms. The van der Waals surface area contributed by atoms with Crippen molar-refractivity contribution in [2.75, 3.05) is 0 Å². The molecule has 0 radical (unpaired) electrons. The molecule has 0 amide bonds. The van der Waals surface area contributed by atoms with Crippen LogP contribution in [0.2, 0.25) is 0 Å². The van der Waals surface area contributed by atoms with E-state index in [1.807, 2.05) is 25.2 Å². The molecule has 0 aliphatic carbocycles. The Morgan fingerprint density at radius 3 is 2.28 bits per heavy atom. The zero-order valence-electron chi connectivity index (χ0n) is 12.0. The van der Waals surface area contributed by atoms with Gasteiger partial charge in [-0.1, -0.05) is 58.4 Å². The van der Waals surface area contributed by atoms with E-state index in [9.17, 15) is 0 Å². The first-order chi connectivity index (χ1) is 8.85. The number of benzene rings is 1. The van der Waals surface area contributed by atoms with Gasteiger partial charge in [0.05, 0.1) is 0 Å². The van der Waals surface area contributed by atoms with E-state index in [4.69, 9.17) is 0 Å². The van der Waals surface area contributed by atoms with Crippen LogP contribution in [0.5, 0.6) is 0 Å². The van der Waals surface area contributed by atoms with Crippen molar-refractivity contribution >= 4 is 11.3 Å². The Morgan fingerprint density at radius 2 is 1.67 bits per heavy atom. The molecule has 0 bridgehead atoms. The van der Waals surface area contributed by atoms with Gasteiger partial charge >= 0.3 is 0 Å². The SMILES string of the molecule is CC.CCCc1ccccc1-c1ccc(CC)s1. The van der Waals surface area contributed by atoms with Gasteiger partial charge in [-0.3, -0.25) is 0 Å². The minimum Gasteiger partial charge on any atom is -0.140 e. The van der Waals surface area contributed by atoms with Crippen LogP contribution >= 0.6 is 11.3 Å². The lowest BCUT2D eigenvalue weighted by Gasteiger charge is -2.06. The lowest BCUT2D eigenvalue weighted by atomic mass is 10.0. The van der Waals surface area contributed by atoms with Crippen molar-refractivity contribution < 1.29 is 0 Å². The van der Waals surface area contributed by atoms with Gasteiger partial charge in [-0.05, 0) is 36.1 Å². The van der Waals surface area contributed by atoms with E-state index in [2.05, 4.69) is 50.2 Å². The van der Waals surface area contributed by atoms with Crippen LogP contribution < -0.4 is 0 Å². The molecule has 0 aliphatic heterocycles. The molecule has 18 heavy (non-hydrogen) atoms. The predicted octanol–water partition coefficient (Wildman–Crippen LogP) is 5.96. The second-order valence-corrected chi connectivity index (χ2v) is 5.19. The summed E-state index contributed by atoms with van der Waals surface area (Å²) >= 11 is 1.93. The summed E-state index contributed by atoms with van der Waals surface area (Å²) in [5, 5.41) is 0. The summed E-state index contributed by atoms with van der Waals surface area (Å²) in [6.07, 6.45) is 3.53. The van der Waals surface area contributed by atoms with Gasteiger partial charge in [0, 0.05) is 9.75 Å². The fourth-order valence-corrected chi connectivity index (χ4v) is 2.97. The van der Waals surface area contributed by atoms with Crippen molar-refractivity contribution in [2.24, 2.45) is 0 Å². The van der Waals surface area contributed by atoms with Crippen LogP contribution in [-0.4, -0.2) is 0 Å². The number of thiophene rings is 1. The van der Waals surface area contributed by atoms with Crippen LogP contribution in [0.3, 0.4) is 0 Å². The summed E-state index contributed by atoms with van der Waals surface area (Å²) in [5.41, 5.74) is 2.91. The van der Waals surface area contributed by atoms with Gasteiger partial charge in [0.1, 0.15) is 0 Å². The van der Waals surface area contributed by atoms with E-state index in [0.29, 0.717) is 0 Å². The van der Waals surface area contributed by atoms with Crippen LogP contribution in [0.4, 0.5) is 0 Å². The molecule has 1 heteroatoms. The first-order valence-corrected chi connectivity index (χ1v) is 7.83. The monoisotopic (exact) mass is 260 g/mol. The fraction of sp³-hybridized carbons (Fsp3) is 0.412. The van der Waals surface area contributed by atoms with Crippen LogP contribution in [0.15, 0.2) is 36.4 Å². The second-order valence-electron chi connectivity index (χ2n) is 4.03. The number of hydrogen-bond acceptors (Lipinski definition) is 1. The Hall–Kier alpha value is -1.08. The van der Waals surface area contributed by atoms with Crippen LogP contribution in [0.1, 0.15) is 44.6 Å². The summed E-state index contributed by atoms with van der Waals surface area (Å²) in [5.74, 6) is 0. The Morgan fingerprint density at radius 1 is 0.944 bits per heavy atom. The molecule has 0 aliphatic rings. The Labute approximate surface area is 116 Å². The quantitative estimate of drug-likeness (QED) is 0.636. The molecular weight excluding hydrogens is 236 g/mol. The minimum absolute atomic E-state index is 1.14. The lowest BCUT2D eigenvalue weighted by Crippen LogP contribution is -1.86. The summed E-state index contributed by atoms with van der Waals surface area (Å²) in [7, 11) is 0. The van der Waals surface area contributed by atoms with Crippen LogP contribution in [0.25, 0.3) is 10.4 Å². The molecule has 2 rings (SSSR count). The van der Waals surface area contributed by atoms with Crippen molar-refractivity contribution in [1.82, 2.24) is 0 Å². The van der Waals surface area contributed by atoms with Gasteiger partial charge in [0.15, 0.2) is 0 Å². The van der Waals surface area contributed by atoms with Crippen LogP contribution in [-0.2, 0) is 12.8 Å². The maximum atomic E-state index is 2.26. The first kappa shape index (κ1) is 15.0. The zero-order valence-corrected chi connectivity index (χ0v) is 12.8. The summed E-state index contributed by atoms with van der Waals surface area (Å²) < 4.78 is 0. The van der Waals surface area contributed by atoms with E-state index in [-0.39, 0.29) is 0 Å². The third kappa shape index (κ3) is 3.71. The third-order valence-electron chi connectivity index (χ3n) is 2.81. The molecule has 0 N–H and O–H groups in total. The van der Waals surface area contributed by atoms with Crippen molar-refractivity contribution in [3.8, 4) is 10.4 Å². The standard InChI is InChI=1S/C15H18S.C2H6/c1-3-7-12-8-5-6-9-14(12)15-11-10-13(4-2)16-15;1-2/h5-6,8-11H,3-4,7H2,1-2H3;1-2H3. The Kier molecular flexibility index (Phi) is 6.74. The van der Waals surface area contributed by atoms with E-state index in [1.54, 1.807) is 0 Å². The lowest BCUT2D eigenvalue weighted by molar-refractivity contribution is 0.924. The molecule has 0 atom stereocenters. The molecular formula is C17H24S. The van der Waals surface area contributed by atoms with Gasteiger partial charge < -0.3 is 0 Å². The molecule has 98 valence electrons. The fourth-order valence-electron chi connectivity index (χ4n) is 1.96. The van der Waals surface area contributed by atoms with Crippen molar-refractivity contribution in [3.63, 3.8) is 0 Å². The molecule has 0 fully saturated rings. The molecule has 0 nitrogen and oxygen atoms in total. The molecule has 0 saturated heterocycles. The normalized spacial score (nSPS) is 9.78. The van der Waals surface area contributed by atoms with Crippen molar-refractivity contribution in [2.45, 2.75) is 47.0 Å². The van der Waals surface area contributed by atoms with E-state index >= 15 is 0 Å². The molecule has 2 aromatic rings. The largest absolute Gasteiger partial charge is 0.140 e. The molecule has 1 aromatic carbocycles. The minimum atomic E-state index is 1.14. The van der Waals surface area contributed by atoms with E-state index < -0.39 is 0 Å². The second kappa shape index (κ2) is 8.10. The highest BCUT2D eigenvalue weighted by atomic mass is 32.1. The maximum absolute atomic E-state index is 2.26. The average Bonchev–Trinajstić information content (AvgIpc) is 2.91. The first-order valence-electron chi connectivity index (χ1n) is 7.02. The third-order valence-corrected chi connectivity index (χ3v) is 4.08. The molecule has 0 unspecified atom stereocenters. The van der Waals surface area contributed by atoms with E-state index in [1.165, 1.54) is 33.7 Å². The van der Waals surface area contributed by atoms with Gasteiger partial charge in [0.2, 0.25) is 0 Å². The topological polar surface area (TPSA) is 0 Å².